The predicted molar refractivity (Wildman–Crippen MR) is 104 cm³/mol. The molecule has 3 rings (SSSR count). The van der Waals surface area contributed by atoms with E-state index in [4.69, 9.17) is 16.3 Å². The Hall–Kier alpha value is -2.77. The Morgan fingerprint density at radius 2 is 1.67 bits per heavy atom. The minimum absolute atomic E-state index is 0.0740. The van der Waals surface area contributed by atoms with Gasteiger partial charge < -0.3 is 9.47 Å². The van der Waals surface area contributed by atoms with Crippen molar-refractivity contribution in [3.05, 3.63) is 65.2 Å². The quantitative estimate of drug-likeness (QED) is 0.646. The molecule has 0 aliphatic rings. The summed E-state index contributed by atoms with van der Waals surface area (Å²) < 4.78 is 37.7. The Labute approximate surface area is 161 Å². The highest BCUT2D eigenvalue weighted by Crippen LogP contribution is 2.26. The molecule has 0 saturated carbocycles. The molecule has 8 heteroatoms. The first-order chi connectivity index (χ1) is 12.8. The van der Waals surface area contributed by atoms with Crippen LogP contribution in [0.25, 0.3) is 10.8 Å². The monoisotopic (exact) mass is 405 g/mol. The Balaban J connectivity index is 1.95. The third kappa shape index (κ3) is 3.99. The summed E-state index contributed by atoms with van der Waals surface area (Å²) in [5.41, 5.74) is 0.277. The van der Waals surface area contributed by atoms with Gasteiger partial charge in [-0.2, -0.15) is 0 Å². The molecular weight excluding hydrogens is 390 g/mol. The molecule has 0 unspecified atom stereocenters. The standard InChI is InChI=1S/C19H16ClNO5S/c1-25-15-6-3-13-10-16(7-4-12(13)9-15)27(23,24)21-14-5-8-18(20)17(11-14)19(22)26-2/h3-11,21H,1-2H3. The van der Waals surface area contributed by atoms with E-state index in [-0.39, 0.29) is 21.2 Å². The first-order valence-electron chi connectivity index (χ1n) is 7.82. The number of benzene rings is 3. The molecule has 0 amide bonds. The molecule has 0 bridgehead atoms. The molecule has 0 spiro atoms. The number of carbonyl (C=O) groups is 1. The van der Waals surface area contributed by atoms with Crippen molar-refractivity contribution in [3.63, 3.8) is 0 Å². The highest BCUT2D eigenvalue weighted by molar-refractivity contribution is 7.92. The van der Waals surface area contributed by atoms with Crippen LogP contribution >= 0.6 is 11.6 Å². The van der Waals surface area contributed by atoms with E-state index in [1.807, 2.05) is 6.07 Å². The van der Waals surface area contributed by atoms with Crippen LogP contribution in [0.5, 0.6) is 5.75 Å². The van der Waals surface area contributed by atoms with Crippen molar-refractivity contribution in [2.45, 2.75) is 4.90 Å². The van der Waals surface area contributed by atoms with E-state index in [1.54, 1.807) is 31.4 Å². The van der Waals surface area contributed by atoms with E-state index in [2.05, 4.69) is 9.46 Å². The molecule has 0 fully saturated rings. The van der Waals surface area contributed by atoms with E-state index in [0.717, 1.165) is 10.8 Å². The molecule has 0 radical (unpaired) electrons. The maximum absolute atomic E-state index is 12.7. The average molecular weight is 406 g/mol. The van der Waals surface area contributed by atoms with Gasteiger partial charge >= 0.3 is 5.97 Å². The molecule has 1 N–H and O–H groups in total. The summed E-state index contributed by atoms with van der Waals surface area (Å²) in [4.78, 5) is 11.8. The van der Waals surface area contributed by atoms with Crippen LogP contribution in [0.4, 0.5) is 5.69 Å². The third-order valence-electron chi connectivity index (χ3n) is 3.95. The number of carbonyl (C=O) groups excluding carboxylic acids is 1. The van der Waals surface area contributed by atoms with Gasteiger partial charge in [-0.1, -0.05) is 23.7 Å². The fourth-order valence-corrected chi connectivity index (χ4v) is 3.84. The van der Waals surface area contributed by atoms with Crippen LogP contribution in [0.2, 0.25) is 5.02 Å². The molecule has 0 aliphatic heterocycles. The van der Waals surface area contributed by atoms with Crippen molar-refractivity contribution < 1.29 is 22.7 Å². The van der Waals surface area contributed by atoms with Crippen molar-refractivity contribution in [1.29, 1.82) is 0 Å². The molecular formula is C19H16ClNO5S. The number of hydrogen-bond acceptors (Lipinski definition) is 5. The maximum Gasteiger partial charge on any atom is 0.339 e. The summed E-state index contributed by atoms with van der Waals surface area (Å²) >= 11 is 5.96. The van der Waals surface area contributed by atoms with Gasteiger partial charge in [-0.25, -0.2) is 13.2 Å². The summed E-state index contributed by atoms with van der Waals surface area (Å²) in [6.45, 7) is 0. The SMILES string of the molecule is COC(=O)c1cc(NS(=O)(=O)c2ccc3cc(OC)ccc3c2)ccc1Cl. The molecule has 27 heavy (non-hydrogen) atoms. The molecule has 6 nitrogen and oxygen atoms in total. The zero-order valence-electron chi connectivity index (χ0n) is 14.5. The molecule has 3 aromatic rings. The number of fused-ring (bicyclic) bond motifs is 1. The van der Waals surface area contributed by atoms with Gasteiger partial charge in [-0.15, -0.1) is 0 Å². The summed E-state index contributed by atoms with van der Waals surface area (Å²) in [7, 11) is -1.07. The van der Waals surface area contributed by atoms with Crippen molar-refractivity contribution in [2.75, 3.05) is 18.9 Å². The van der Waals surface area contributed by atoms with Crippen LogP contribution in [0.15, 0.2) is 59.5 Å². The van der Waals surface area contributed by atoms with Crippen LogP contribution < -0.4 is 9.46 Å². The normalized spacial score (nSPS) is 11.2. The number of nitrogens with one attached hydrogen (secondary N) is 1. The number of methoxy groups -OCH3 is 2. The number of rotatable bonds is 5. The Bertz CT molecular complexity index is 1130. The topological polar surface area (TPSA) is 81.7 Å². The zero-order valence-corrected chi connectivity index (χ0v) is 16.1. The predicted octanol–water partition coefficient (Wildman–Crippen LogP) is 4.09. The minimum Gasteiger partial charge on any atom is -0.497 e. The number of ether oxygens (including phenoxy) is 2. The smallest absolute Gasteiger partial charge is 0.339 e. The number of anilines is 1. The Kier molecular flexibility index (Phi) is 5.25. The zero-order chi connectivity index (χ0) is 19.6. The van der Waals surface area contributed by atoms with Gasteiger partial charge in [-0.05, 0) is 53.2 Å². The van der Waals surface area contributed by atoms with Crippen molar-refractivity contribution in [2.24, 2.45) is 0 Å². The number of sulfonamides is 1. The molecule has 3 aromatic carbocycles. The Morgan fingerprint density at radius 1 is 0.963 bits per heavy atom. The van der Waals surface area contributed by atoms with Crippen LogP contribution in [0, 0.1) is 0 Å². The summed E-state index contributed by atoms with van der Waals surface area (Å²) in [5.74, 6) is 0.0356. The van der Waals surface area contributed by atoms with Gasteiger partial charge in [0.15, 0.2) is 0 Å². The Morgan fingerprint density at radius 3 is 2.37 bits per heavy atom. The average Bonchev–Trinajstić information content (AvgIpc) is 2.67. The first-order valence-corrected chi connectivity index (χ1v) is 9.68. The van der Waals surface area contributed by atoms with Crippen LogP contribution in [0.3, 0.4) is 0 Å². The number of hydrogen-bond donors (Lipinski definition) is 1. The number of esters is 1. The van der Waals surface area contributed by atoms with Crippen LogP contribution in [-0.2, 0) is 14.8 Å². The van der Waals surface area contributed by atoms with Crippen molar-refractivity contribution in [3.8, 4) is 5.75 Å². The molecule has 0 aromatic heterocycles. The fourth-order valence-electron chi connectivity index (χ4n) is 2.57. The van der Waals surface area contributed by atoms with Crippen LogP contribution in [0.1, 0.15) is 10.4 Å². The third-order valence-corrected chi connectivity index (χ3v) is 5.66. The van der Waals surface area contributed by atoms with Gasteiger partial charge in [0.1, 0.15) is 5.75 Å². The summed E-state index contributed by atoms with van der Waals surface area (Å²) in [6.07, 6.45) is 0. The maximum atomic E-state index is 12.7. The lowest BCUT2D eigenvalue weighted by Gasteiger charge is -2.11. The highest BCUT2D eigenvalue weighted by Gasteiger charge is 2.17. The fraction of sp³-hybridized carbons (Fsp3) is 0.105. The van der Waals surface area contributed by atoms with Crippen LogP contribution in [-0.4, -0.2) is 28.6 Å². The van der Waals surface area contributed by atoms with Gasteiger partial charge in [0.25, 0.3) is 10.0 Å². The second-order valence-electron chi connectivity index (χ2n) is 5.67. The highest BCUT2D eigenvalue weighted by atomic mass is 35.5. The second-order valence-corrected chi connectivity index (χ2v) is 7.76. The molecule has 140 valence electrons. The lowest BCUT2D eigenvalue weighted by molar-refractivity contribution is 0.0601. The number of halogens is 1. The van der Waals surface area contributed by atoms with Gasteiger partial charge in [0, 0.05) is 5.69 Å². The van der Waals surface area contributed by atoms with E-state index >= 15 is 0 Å². The molecule has 0 atom stereocenters. The first kappa shape index (κ1) is 19.0. The lowest BCUT2D eigenvalue weighted by Crippen LogP contribution is -2.13. The molecule has 0 aliphatic carbocycles. The van der Waals surface area contributed by atoms with Crippen molar-refractivity contribution >= 4 is 44.1 Å². The minimum atomic E-state index is -3.86. The van der Waals surface area contributed by atoms with Gasteiger partial charge in [0.05, 0.1) is 29.7 Å². The second kappa shape index (κ2) is 7.46. The molecule has 0 saturated heterocycles. The van der Waals surface area contributed by atoms with Crippen molar-refractivity contribution in [1.82, 2.24) is 0 Å². The lowest BCUT2D eigenvalue weighted by atomic mass is 10.1. The largest absolute Gasteiger partial charge is 0.497 e. The van der Waals surface area contributed by atoms with Gasteiger partial charge in [-0.3, -0.25) is 4.72 Å². The van der Waals surface area contributed by atoms with E-state index < -0.39 is 16.0 Å². The van der Waals surface area contributed by atoms with E-state index in [9.17, 15) is 13.2 Å². The van der Waals surface area contributed by atoms with E-state index in [1.165, 1.54) is 31.4 Å². The summed E-state index contributed by atoms with van der Waals surface area (Å²) in [6, 6.07) is 14.4. The summed E-state index contributed by atoms with van der Waals surface area (Å²) in [5, 5.41) is 1.78. The van der Waals surface area contributed by atoms with Gasteiger partial charge in [0.2, 0.25) is 0 Å². The molecule has 0 heterocycles. The van der Waals surface area contributed by atoms with E-state index in [0.29, 0.717) is 5.75 Å².